The Balaban J connectivity index is 1.08. The highest BCUT2D eigenvalue weighted by Gasteiger charge is 2.36. The third-order valence-electron chi connectivity index (χ3n) is 8.69. The lowest BCUT2D eigenvalue weighted by Gasteiger charge is -2.35. The second-order valence-electron chi connectivity index (χ2n) is 10.8. The highest BCUT2D eigenvalue weighted by Crippen LogP contribution is 2.47. The van der Waals surface area contributed by atoms with Gasteiger partial charge in [-0.1, -0.05) is 18.9 Å². The Morgan fingerprint density at radius 2 is 1.25 bits per heavy atom. The summed E-state index contributed by atoms with van der Waals surface area (Å²) < 4.78 is 40.2. The van der Waals surface area contributed by atoms with Crippen molar-refractivity contribution in [1.82, 2.24) is 0 Å². The summed E-state index contributed by atoms with van der Waals surface area (Å²) in [6.45, 7) is 0.812. The average molecular weight is 445 g/mol. The van der Waals surface area contributed by atoms with Crippen LogP contribution in [0, 0.1) is 41.2 Å². The quantitative estimate of drug-likeness (QED) is 0.380. The fourth-order valence-electron chi connectivity index (χ4n) is 6.42. The van der Waals surface area contributed by atoms with Crippen LogP contribution in [0.5, 0.6) is 11.5 Å². The van der Waals surface area contributed by atoms with Gasteiger partial charge in [0.15, 0.2) is 11.5 Å². The molecule has 3 fully saturated rings. The maximum absolute atomic E-state index is 14.5. The van der Waals surface area contributed by atoms with E-state index in [0.29, 0.717) is 19.1 Å². The number of benzene rings is 1. The van der Waals surface area contributed by atoms with Gasteiger partial charge in [0.25, 0.3) is 0 Å². The predicted octanol–water partition coefficient (Wildman–Crippen LogP) is 7.86. The van der Waals surface area contributed by atoms with Crippen LogP contribution in [0.4, 0.5) is 8.78 Å². The molecule has 0 radical (unpaired) electrons. The number of ether oxygens (including phenoxy) is 2. The van der Waals surface area contributed by atoms with Crippen molar-refractivity contribution < 1.29 is 18.3 Å². The third kappa shape index (κ3) is 5.31. The lowest BCUT2D eigenvalue weighted by atomic mass is 9.70. The molecule has 5 rings (SSSR count). The van der Waals surface area contributed by atoms with Crippen molar-refractivity contribution in [1.29, 1.82) is 0 Å². The van der Waals surface area contributed by atoms with Crippen molar-refractivity contribution in [3.8, 4) is 11.5 Å². The van der Waals surface area contributed by atoms with Gasteiger partial charge in [0.2, 0.25) is 11.6 Å². The van der Waals surface area contributed by atoms with Crippen molar-refractivity contribution in [2.24, 2.45) is 29.6 Å². The van der Waals surface area contributed by atoms with Gasteiger partial charge < -0.3 is 9.47 Å². The summed E-state index contributed by atoms with van der Waals surface area (Å²) in [5.41, 5.74) is 1.22. The van der Waals surface area contributed by atoms with E-state index in [0.717, 1.165) is 49.4 Å². The van der Waals surface area contributed by atoms with Crippen molar-refractivity contribution >= 4 is 0 Å². The molecule has 1 aromatic carbocycles. The van der Waals surface area contributed by atoms with E-state index in [4.69, 9.17) is 9.47 Å². The van der Waals surface area contributed by atoms with E-state index < -0.39 is 11.6 Å². The standard InChI is InChI=1S/C28H38F2O2/c29-27-25(31-17-19-3-1-2-4-19)15-16-26(28(27)30)32-18-20-5-7-21(8-6-20)22-9-11-23(12-10-22)24-13-14-24/h5,15-16,19,21-24H,1-4,6-14,17-18H2. The molecule has 0 bridgehead atoms. The van der Waals surface area contributed by atoms with Gasteiger partial charge in [0.05, 0.1) is 6.61 Å². The molecule has 0 spiro atoms. The predicted molar refractivity (Wildman–Crippen MR) is 123 cm³/mol. The molecule has 0 heterocycles. The Bertz CT molecular complexity index is 802. The van der Waals surface area contributed by atoms with E-state index in [2.05, 4.69) is 6.08 Å². The van der Waals surface area contributed by atoms with E-state index in [1.165, 1.54) is 75.5 Å². The molecule has 1 aromatic rings. The molecular weight excluding hydrogens is 406 g/mol. The number of hydrogen-bond donors (Lipinski definition) is 0. The summed E-state index contributed by atoms with van der Waals surface area (Å²) in [6, 6.07) is 3.01. The molecule has 2 nitrogen and oxygen atoms in total. The molecule has 32 heavy (non-hydrogen) atoms. The third-order valence-corrected chi connectivity index (χ3v) is 8.69. The van der Waals surface area contributed by atoms with Gasteiger partial charge in [-0.3, -0.25) is 0 Å². The normalized spacial score (nSPS) is 29.1. The largest absolute Gasteiger partial charge is 0.490 e. The zero-order chi connectivity index (χ0) is 21.9. The number of rotatable bonds is 8. The van der Waals surface area contributed by atoms with Gasteiger partial charge in [-0.2, -0.15) is 8.78 Å². The van der Waals surface area contributed by atoms with Crippen LogP contribution in [-0.2, 0) is 0 Å². The summed E-state index contributed by atoms with van der Waals surface area (Å²) in [5, 5.41) is 0. The first kappa shape index (κ1) is 22.2. The van der Waals surface area contributed by atoms with Crippen LogP contribution in [0.1, 0.15) is 83.5 Å². The fraction of sp³-hybridized carbons (Fsp3) is 0.714. The van der Waals surface area contributed by atoms with Crippen LogP contribution in [-0.4, -0.2) is 13.2 Å². The molecule has 0 N–H and O–H groups in total. The van der Waals surface area contributed by atoms with E-state index >= 15 is 0 Å². The summed E-state index contributed by atoms with van der Waals surface area (Å²) >= 11 is 0. The molecule has 0 saturated heterocycles. The van der Waals surface area contributed by atoms with E-state index in [9.17, 15) is 8.78 Å². The second-order valence-corrected chi connectivity index (χ2v) is 10.8. The van der Waals surface area contributed by atoms with E-state index in [1.54, 1.807) is 0 Å². The Morgan fingerprint density at radius 3 is 1.81 bits per heavy atom. The van der Waals surface area contributed by atoms with Crippen LogP contribution in [0.25, 0.3) is 0 Å². The van der Waals surface area contributed by atoms with Gasteiger partial charge in [-0.25, -0.2) is 0 Å². The van der Waals surface area contributed by atoms with Gasteiger partial charge in [-0.05, 0) is 118 Å². The van der Waals surface area contributed by atoms with Crippen LogP contribution >= 0.6 is 0 Å². The van der Waals surface area contributed by atoms with Crippen molar-refractivity contribution in [3.05, 3.63) is 35.4 Å². The van der Waals surface area contributed by atoms with Gasteiger partial charge >= 0.3 is 0 Å². The molecule has 1 unspecified atom stereocenters. The lowest BCUT2D eigenvalue weighted by Crippen LogP contribution is -2.24. The van der Waals surface area contributed by atoms with Crippen LogP contribution < -0.4 is 9.47 Å². The Kier molecular flexibility index (Phi) is 7.04. The van der Waals surface area contributed by atoms with Gasteiger partial charge in [0, 0.05) is 0 Å². The minimum absolute atomic E-state index is 0.00196. The number of halogens is 2. The zero-order valence-electron chi connectivity index (χ0n) is 19.3. The highest BCUT2D eigenvalue weighted by molar-refractivity contribution is 5.35. The molecular formula is C28H38F2O2. The maximum Gasteiger partial charge on any atom is 0.204 e. The lowest BCUT2D eigenvalue weighted by molar-refractivity contribution is 0.179. The molecule has 0 amide bonds. The van der Waals surface area contributed by atoms with Gasteiger partial charge in [-0.15, -0.1) is 0 Å². The molecule has 4 aliphatic rings. The summed E-state index contributed by atoms with van der Waals surface area (Å²) in [7, 11) is 0. The first-order valence-corrected chi connectivity index (χ1v) is 13.1. The Labute approximate surface area is 191 Å². The van der Waals surface area contributed by atoms with Gasteiger partial charge in [0.1, 0.15) is 6.61 Å². The van der Waals surface area contributed by atoms with Crippen molar-refractivity contribution in [2.45, 2.75) is 83.5 Å². The first-order valence-electron chi connectivity index (χ1n) is 13.1. The first-order chi connectivity index (χ1) is 15.7. The van der Waals surface area contributed by atoms with Crippen LogP contribution in [0.2, 0.25) is 0 Å². The fourth-order valence-corrected chi connectivity index (χ4v) is 6.42. The van der Waals surface area contributed by atoms with E-state index in [1.807, 2.05) is 0 Å². The summed E-state index contributed by atoms with van der Waals surface area (Å²) in [6.07, 6.45) is 18.9. The molecule has 4 heteroatoms. The molecule has 1 atom stereocenters. The van der Waals surface area contributed by atoms with Crippen molar-refractivity contribution in [2.75, 3.05) is 13.2 Å². The highest BCUT2D eigenvalue weighted by atomic mass is 19.2. The second kappa shape index (κ2) is 10.1. The minimum Gasteiger partial charge on any atom is -0.490 e. The minimum atomic E-state index is -0.935. The number of allylic oxidation sites excluding steroid dienone is 1. The van der Waals surface area contributed by atoms with Crippen LogP contribution in [0.3, 0.4) is 0 Å². The monoisotopic (exact) mass is 444 g/mol. The molecule has 4 aliphatic carbocycles. The maximum atomic E-state index is 14.5. The molecule has 0 aromatic heterocycles. The van der Waals surface area contributed by atoms with Crippen molar-refractivity contribution in [3.63, 3.8) is 0 Å². The Morgan fingerprint density at radius 1 is 0.688 bits per heavy atom. The molecule has 3 saturated carbocycles. The van der Waals surface area contributed by atoms with Crippen LogP contribution in [0.15, 0.2) is 23.8 Å². The topological polar surface area (TPSA) is 18.5 Å². The average Bonchev–Trinajstić information content (AvgIpc) is 3.55. The summed E-state index contributed by atoms with van der Waals surface area (Å²) in [4.78, 5) is 0. The Hall–Kier alpha value is -1.58. The molecule has 176 valence electrons. The smallest absolute Gasteiger partial charge is 0.204 e. The zero-order valence-corrected chi connectivity index (χ0v) is 19.3. The summed E-state index contributed by atoms with van der Waals surface area (Å²) in [5.74, 6) is 2.33. The number of hydrogen-bond acceptors (Lipinski definition) is 2. The SMILES string of the molecule is Fc1c(OCC2=CCC(C3CCC(C4CC4)CC3)CC2)ccc(OCC2CCCC2)c1F. The van der Waals surface area contributed by atoms with E-state index in [-0.39, 0.29) is 11.5 Å². The molecule has 0 aliphatic heterocycles.